The van der Waals surface area contributed by atoms with Crippen molar-refractivity contribution in [2.24, 2.45) is 0 Å². The van der Waals surface area contributed by atoms with E-state index in [-0.39, 0.29) is 18.9 Å². The highest BCUT2D eigenvalue weighted by atomic mass is 32.2. The SMILES string of the molecule is CNCCS(=O)(=O)NCCOCC(F)F. The van der Waals surface area contributed by atoms with Crippen LogP contribution in [0.5, 0.6) is 0 Å². The van der Waals surface area contributed by atoms with Crippen molar-refractivity contribution in [1.82, 2.24) is 10.0 Å². The van der Waals surface area contributed by atoms with Gasteiger partial charge in [-0.2, -0.15) is 0 Å². The van der Waals surface area contributed by atoms with Crippen molar-refractivity contribution < 1.29 is 21.9 Å². The van der Waals surface area contributed by atoms with Crippen LogP contribution in [0, 0.1) is 0 Å². The molecule has 0 heterocycles. The Labute approximate surface area is 88.2 Å². The maximum absolute atomic E-state index is 11.6. The van der Waals surface area contributed by atoms with Crippen LogP contribution >= 0.6 is 0 Å². The average molecular weight is 246 g/mol. The van der Waals surface area contributed by atoms with Gasteiger partial charge in [-0.1, -0.05) is 0 Å². The third kappa shape index (κ3) is 9.98. The van der Waals surface area contributed by atoms with Gasteiger partial charge < -0.3 is 10.1 Å². The number of ether oxygens (including phenoxy) is 1. The first-order valence-electron chi connectivity index (χ1n) is 4.46. The fraction of sp³-hybridized carbons (Fsp3) is 1.00. The van der Waals surface area contributed by atoms with Gasteiger partial charge in [0.25, 0.3) is 6.43 Å². The zero-order valence-corrected chi connectivity index (χ0v) is 9.32. The number of nitrogens with one attached hydrogen (secondary N) is 2. The maximum Gasteiger partial charge on any atom is 0.261 e. The third-order valence-electron chi connectivity index (χ3n) is 1.43. The molecule has 0 fully saturated rings. The van der Waals surface area contributed by atoms with E-state index in [1.54, 1.807) is 7.05 Å². The molecule has 0 amide bonds. The minimum Gasteiger partial charge on any atom is -0.374 e. The summed E-state index contributed by atoms with van der Waals surface area (Å²) in [6, 6.07) is 0. The van der Waals surface area contributed by atoms with E-state index in [0.29, 0.717) is 6.54 Å². The summed E-state index contributed by atoms with van der Waals surface area (Å²) in [6.45, 7) is -0.368. The molecular formula is C7H16F2N2O3S. The van der Waals surface area contributed by atoms with Gasteiger partial charge in [0.1, 0.15) is 6.61 Å². The second-order valence-corrected chi connectivity index (χ2v) is 4.71. The molecule has 0 bridgehead atoms. The van der Waals surface area contributed by atoms with Crippen LogP contribution in [0.3, 0.4) is 0 Å². The van der Waals surface area contributed by atoms with Crippen molar-refractivity contribution in [3.05, 3.63) is 0 Å². The summed E-state index contributed by atoms with van der Waals surface area (Å²) in [7, 11) is -1.68. The van der Waals surface area contributed by atoms with Gasteiger partial charge in [0.2, 0.25) is 10.0 Å². The Hall–Kier alpha value is -0.310. The summed E-state index contributed by atoms with van der Waals surface area (Å²) >= 11 is 0. The van der Waals surface area contributed by atoms with Crippen LogP contribution in [-0.4, -0.2) is 53.9 Å². The van der Waals surface area contributed by atoms with E-state index in [1.807, 2.05) is 0 Å². The number of hydrogen-bond donors (Lipinski definition) is 2. The van der Waals surface area contributed by atoms with E-state index >= 15 is 0 Å². The summed E-state index contributed by atoms with van der Waals surface area (Å²) in [5, 5.41) is 2.69. The number of hydrogen-bond acceptors (Lipinski definition) is 4. The molecule has 0 aromatic rings. The van der Waals surface area contributed by atoms with E-state index in [9.17, 15) is 17.2 Å². The molecule has 0 spiro atoms. The third-order valence-corrected chi connectivity index (χ3v) is 2.82. The maximum atomic E-state index is 11.6. The second-order valence-electron chi connectivity index (χ2n) is 2.78. The smallest absolute Gasteiger partial charge is 0.261 e. The number of rotatable bonds is 9. The lowest BCUT2D eigenvalue weighted by molar-refractivity contribution is 0.0199. The fourth-order valence-corrected chi connectivity index (χ4v) is 1.76. The zero-order chi connectivity index (χ0) is 11.7. The molecule has 0 aliphatic heterocycles. The van der Waals surface area contributed by atoms with Gasteiger partial charge in [0.05, 0.1) is 12.4 Å². The second kappa shape index (κ2) is 7.91. The van der Waals surface area contributed by atoms with Gasteiger partial charge in [-0.25, -0.2) is 21.9 Å². The van der Waals surface area contributed by atoms with Crippen LogP contribution in [0.4, 0.5) is 8.78 Å². The predicted octanol–water partition coefficient (Wildman–Crippen LogP) is -0.593. The molecule has 5 nitrogen and oxygen atoms in total. The van der Waals surface area contributed by atoms with Crippen molar-refractivity contribution in [2.75, 3.05) is 39.1 Å². The summed E-state index contributed by atoms with van der Waals surface area (Å²) in [5.74, 6) is -0.0433. The van der Waals surface area contributed by atoms with Gasteiger partial charge in [-0.15, -0.1) is 0 Å². The molecule has 15 heavy (non-hydrogen) atoms. The predicted molar refractivity (Wildman–Crippen MR) is 52.5 cm³/mol. The molecule has 0 radical (unpaired) electrons. The molecule has 0 aromatic carbocycles. The Morgan fingerprint density at radius 1 is 1.33 bits per heavy atom. The van der Waals surface area contributed by atoms with Gasteiger partial charge in [0.15, 0.2) is 0 Å². The van der Waals surface area contributed by atoms with Crippen LogP contribution < -0.4 is 10.0 Å². The monoisotopic (exact) mass is 246 g/mol. The molecule has 8 heteroatoms. The molecule has 92 valence electrons. The van der Waals surface area contributed by atoms with Gasteiger partial charge in [-0.05, 0) is 7.05 Å². The molecule has 0 aromatic heterocycles. The van der Waals surface area contributed by atoms with Crippen molar-refractivity contribution in [3.8, 4) is 0 Å². The van der Waals surface area contributed by atoms with Crippen LogP contribution in [0.2, 0.25) is 0 Å². The van der Waals surface area contributed by atoms with Crippen molar-refractivity contribution in [1.29, 1.82) is 0 Å². The highest BCUT2D eigenvalue weighted by Gasteiger charge is 2.08. The minimum absolute atomic E-state index is 0.0127. The van der Waals surface area contributed by atoms with Crippen molar-refractivity contribution in [2.45, 2.75) is 6.43 Å². The first-order chi connectivity index (χ1) is 6.98. The molecule has 0 aliphatic rings. The lowest BCUT2D eigenvalue weighted by atomic mass is 10.7. The highest BCUT2D eigenvalue weighted by Crippen LogP contribution is 1.91. The zero-order valence-electron chi connectivity index (χ0n) is 8.50. The van der Waals surface area contributed by atoms with Crippen LogP contribution in [0.1, 0.15) is 0 Å². The Morgan fingerprint density at radius 2 is 2.00 bits per heavy atom. The molecule has 0 saturated carbocycles. The molecule has 0 aliphatic carbocycles. The molecule has 0 saturated heterocycles. The normalized spacial score (nSPS) is 12.3. The Bertz CT molecular complexity index is 247. The van der Waals surface area contributed by atoms with Crippen molar-refractivity contribution >= 4 is 10.0 Å². The number of halogens is 2. The lowest BCUT2D eigenvalue weighted by Crippen LogP contribution is -2.33. The van der Waals surface area contributed by atoms with E-state index in [2.05, 4.69) is 14.8 Å². The highest BCUT2D eigenvalue weighted by molar-refractivity contribution is 7.89. The first-order valence-corrected chi connectivity index (χ1v) is 6.11. The Kier molecular flexibility index (Phi) is 7.75. The molecule has 2 N–H and O–H groups in total. The topological polar surface area (TPSA) is 67.4 Å². The first kappa shape index (κ1) is 14.7. The molecular weight excluding hydrogens is 230 g/mol. The van der Waals surface area contributed by atoms with Crippen LogP contribution in [0.15, 0.2) is 0 Å². The van der Waals surface area contributed by atoms with Gasteiger partial charge in [0, 0.05) is 13.1 Å². The largest absolute Gasteiger partial charge is 0.374 e. The van der Waals surface area contributed by atoms with Crippen LogP contribution in [0.25, 0.3) is 0 Å². The quantitative estimate of drug-likeness (QED) is 0.533. The fourth-order valence-electron chi connectivity index (χ4n) is 0.750. The number of sulfonamides is 1. The molecule has 0 atom stereocenters. The van der Waals surface area contributed by atoms with Gasteiger partial charge >= 0.3 is 0 Å². The Morgan fingerprint density at radius 3 is 2.53 bits per heavy atom. The summed E-state index contributed by atoms with van der Waals surface area (Å²) < 4.78 is 52.2. The van der Waals surface area contributed by atoms with Crippen LogP contribution in [-0.2, 0) is 14.8 Å². The standard InChI is InChI=1S/C7H16F2N2O3S/c1-10-3-5-15(12,13)11-2-4-14-6-7(8)9/h7,10-11H,2-6H2,1H3. The average Bonchev–Trinajstić information content (AvgIpc) is 2.14. The van der Waals surface area contributed by atoms with E-state index < -0.39 is 23.1 Å². The summed E-state index contributed by atoms with van der Waals surface area (Å²) in [4.78, 5) is 0. The lowest BCUT2D eigenvalue weighted by Gasteiger charge is -2.06. The van der Waals surface area contributed by atoms with E-state index in [1.165, 1.54) is 0 Å². The Balaban J connectivity index is 3.49. The van der Waals surface area contributed by atoms with E-state index in [0.717, 1.165) is 0 Å². The van der Waals surface area contributed by atoms with E-state index in [4.69, 9.17) is 0 Å². The molecule has 0 rings (SSSR count). The number of alkyl halides is 2. The minimum atomic E-state index is -3.32. The summed E-state index contributed by atoms with van der Waals surface area (Å²) in [5.41, 5.74) is 0. The van der Waals surface area contributed by atoms with Crippen molar-refractivity contribution in [3.63, 3.8) is 0 Å². The van der Waals surface area contributed by atoms with Gasteiger partial charge in [-0.3, -0.25) is 0 Å². The summed E-state index contributed by atoms with van der Waals surface area (Å²) in [6.07, 6.45) is -2.52. The molecule has 0 unspecified atom stereocenters.